The number of hydrogen-bond acceptors (Lipinski definition) is 4. The summed E-state index contributed by atoms with van der Waals surface area (Å²) in [5.41, 5.74) is 1.95. The monoisotopic (exact) mass is 451 g/mol. The largest absolute Gasteiger partial charge is 0.497 e. The number of halogens is 3. The van der Waals surface area contributed by atoms with Crippen molar-refractivity contribution in [2.75, 3.05) is 7.11 Å². The second-order valence-electron chi connectivity index (χ2n) is 7.09. The molecule has 0 saturated carbocycles. The van der Waals surface area contributed by atoms with E-state index in [1.54, 1.807) is 23.9 Å². The zero-order valence-electron chi connectivity index (χ0n) is 16.8. The van der Waals surface area contributed by atoms with Crippen molar-refractivity contribution in [3.05, 3.63) is 89.9 Å². The molecule has 0 spiro atoms. The van der Waals surface area contributed by atoms with E-state index in [-0.39, 0.29) is 10.9 Å². The predicted molar refractivity (Wildman–Crippen MR) is 119 cm³/mol. The molecule has 0 unspecified atom stereocenters. The molecule has 3 aromatic carbocycles. The number of benzene rings is 3. The van der Waals surface area contributed by atoms with Crippen molar-refractivity contribution in [3.8, 4) is 11.4 Å². The molecule has 0 fully saturated rings. The van der Waals surface area contributed by atoms with Gasteiger partial charge in [-0.25, -0.2) is 17.9 Å². The molecule has 8 heteroatoms. The van der Waals surface area contributed by atoms with Crippen molar-refractivity contribution in [3.63, 3.8) is 0 Å². The first-order valence-corrected chi connectivity index (χ1v) is 10.7. The Morgan fingerprint density at radius 1 is 0.906 bits per heavy atom. The van der Waals surface area contributed by atoms with Gasteiger partial charge in [0.05, 0.1) is 18.2 Å². The first-order chi connectivity index (χ1) is 15.6. The maximum Gasteiger partial charge on any atom is 0.196 e. The number of ether oxygens (including phenoxy) is 1. The van der Waals surface area contributed by atoms with Crippen LogP contribution < -0.4 is 4.74 Å². The smallest absolute Gasteiger partial charge is 0.196 e. The Labute approximate surface area is 185 Å². The van der Waals surface area contributed by atoms with Crippen LogP contribution in [0.1, 0.15) is 5.56 Å². The molecule has 0 atom stereocenters. The lowest BCUT2D eigenvalue weighted by molar-refractivity contribution is 0.414. The van der Waals surface area contributed by atoms with Gasteiger partial charge in [0, 0.05) is 17.3 Å². The van der Waals surface area contributed by atoms with E-state index in [1.165, 1.54) is 18.0 Å². The number of fused-ring (bicyclic) bond motifs is 3. The fraction of sp³-hybridized carbons (Fsp3) is 0.0833. The highest BCUT2D eigenvalue weighted by Crippen LogP contribution is 2.36. The fourth-order valence-electron chi connectivity index (χ4n) is 3.51. The molecule has 160 valence electrons. The van der Waals surface area contributed by atoms with Gasteiger partial charge in [0.15, 0.2) is 17.5 Å². The molecule has 0 saturated heterocycles. The molecule has 32 heavy (non-hydrogen) atoms. The van der Waals surface area contributed by atoms with Gasteiger partial charge in [-0.05, 0) is 35.9 Å². The van der Waals surface area contributed by atoms with Crippen LogP contribution in [0.2, 0.25) is 0 Å². The quantitative estimate of drug-likeness (QED) is 0.233. The fourth-order valence-corrected chi connectivity index (χ4v) is 4.58. The molecule has 2 aromatic heterocycles. The molecule has 0 amide bonds. The van der Waals surface area contributed by atoms with E-state index >= 15 is 0 Å². The van der Waals surface area contributed by atoms with Crippen LogP contribution in [-0.2, 0) is 5.75 Å². The number of rotatable bonds is 5. The minimum absolute atomic E-state index is 0.118. The van der Waals surface area contributed by atoms with Crippen molar-refractivity contribution >= 4 is 33.6 Å². The number of thioether (sulfide) groups is 1. The third-order valence-corrected chi connectivity index (χ3v) is 6.27. The van der Waals surface area contributed by atoms with Gasteiger partial charge < -0.3 is 4.74 Å². The summed E-state index contributed by atoms with van der Waals surface area (Å²) in [5, 5.41) is 6.15. The molecule has 4 nitrogen and oxygen atoms in total. The lowest BCUT2D eigenvalue weighted by atomic mass is 10.1. The maximum absolute atomic E-state index is 14.3. The first kappa shape index (κ1) is 20.4. The van der Waals surface area contributed by atoms with E-state index < -0.39 is 17.5 Å². The van der Waals surface area contributed by atoms with E-state index in [1.807, 2.05) is 42.5 Å². The Morgan fingerprint density at radius 2 is 1.66 bits per heavy atom. The predicted octanol–water partition coefficient (Wildman–Crippen LogP) is 6.29. The summed E-state index contributed by atoms with van der Waals surface area (Å²) in [4.78, 5) is 4.09. The van der Waals surface area contributed by atoms with Gasteiger partial charge in [0.1, 0.15) is 21.8 Å². The standard InChI is InChI=1S/C24H16F3N3OS/c1-31-16-9-7-15(8-10-16)30-24(32-13-14-5-3-2-4-6-14)18-12-28-23-17(22(18)29-30)11-19(25)20(26)21(23)27/h2-12H,13H2,1H3. The topological polar surface area (TPSA) is 39.9 Å². The molecule has 0 aliphatic rings. The van der Waals surface area contributed by atoms with Crippen molar-refractivity contribution in [1.82, 2.24) is 14.8 Å². The lowest BCUT2D eigenvalue weighted by Gasteiger charge is -2.08. The van der Waals surface area contributed by atoms with E-state index in [2.05, 4.69) is 10.1 Å². The highest BCUT2D eigenvalue weighted by Gasteiger charge is 2.21. The summed E-state index contributed by atoms with van der Waals surface area (Å²) in [5.74, 6) is -2.79. The van der Waals surface area contributed by atoms with Crippen LogP contribution in [0.5, 0.6) is 5.75 Å². The summed E-state index contributed by atoms with van der Waals surface area (Å²) in [6, 6.07) is 18.1. The Kier molecular flexibility index (Phi) is 5.22. The van der Waals surface area contributed by atoms with Crippen LogP contribution in [0.3, 0.4) is 0 Å². The zero-order valence-corrected chi connectivity index (χ0v) is 17.7. The van der Waals surface area contributed by atoms with E-state index in [0.717, 1.165) is 22.3 Å². The minimum Gasteiger partial charge on any atom is -0.497 e. The highest BCUT2D eigenvalue weighted by atomic mass is 32.2. The summed E-state index contributed by atoms with van der Waals surface area (Å²) in [6.45, 7) is 0. The number of nitrogens with zero attached hydrogens (tertiary/aromatic N) is 3. The first-order valence-electron chi connectivity index (χ1n) is 9.73. The molecular formula is C24H16F3N3OS. The van der Waals surface area contributed by atoms with E-state index in [4.69, 9.17) is 4.74 Å². The number of hydrogen-bond donors (Lipinski definition) is 0. The zero-order chi connectivity index (χ0) is 22.2. The summed E-state index contributed by atoms with van der Waals surface area (Å²) in [6.07, 6.45) is 1.46. The van der Waals surface area contributed by atoms with Crippen LogP contribution >= 0.6 is 11.8 Å². The van der Waals surface area contributed by atoms with Gasteiger partial charge in [-0.1, -0.05) is 30.3 Å². The van der Waals surface area contributed by atoms with Crippen LogP contribution in [0, 0.1) is 17.5 Å². The normalized spacial score (nSPS) is 11.4. The van der Waals surface area contributed by atoms with Gasteiger partial charge in [-0.3, -0.25) is 4.98 Å². The molecule has 0 bridgehead atoms. The third kappa shape index (κ3) is 3.46. The SMILES string of the molecule is COc1ccc(-n2nc3c(cnc4c(F)c(F)c(F)cc43)c2SCc2ccccc2)cc1. The maximum atomic E-state index is 14.3. The second kappa shape index (κ2) is 8.20. The van der Waals surface area contributed by atoms with Crippen molar-refractivity contribution in [2.45, 2.75) is 10.8 Å². The van der Waals surface area contributed by atoms with Crippen LogP contribution in [0.15, 0.2) is 71.9 Å². The third-order valence-electron chi connectivity index (χ3n) is 5.13. The van der Waals surface area contributed by atoms with Crippen molar-refractivity contribution < 1.29 is 17.9 Å². The Balaban J connectivity index is 1.72. The summed E-state index contributed by atoms with van der Waals surface area (Å²) < 4.78 is 49.1. The molecule has 0 N–H and O–H groups in total. The van der Waals surface area contributed by atoms with Gasteiger partial charge in [-0.2, -0.15) is 5.10 Å². The van der Waals surface area contributed by atoms with Gasteiger partial charge in [0.25, 0.3) is 0 Å². The minimum atomic E-state index is -1.54. The molecule has 0 aliphatic heterocycles. The summed E-state index contributed by atoms with van der Waals surface area (Å²) >= 11 is 1.53. The van der Waals surface area contributed by atoms with Gasteiger partial charge >= 0.3 is 0 Å². The molecular weight excluding hydrogens is 435 g/mol. The number of aromatic nitrogens is 3. The average molecular weight is 451 g/mol. The Morgan fingerprint density at radius 3 is 2.38 bits per heavy atom. The van der Waals surface area contributed by atoms with Gasteiger partial charge in [0.2, 0.25) is 0 Å². The Hall–Kier alpha value is -3.52. The number of pyridine rings is 1. The Bertz CT molecular complexity index is 1440. The molecule has 5 rings (SSSR count). The average Bonchev–Trinajstić information content (AvgIpc) is 3.21. The molecule has 5 aromatic rings. The second-order valence-corrected chi connectivity index (χ2v) is 8.06. The van der Waals surface area contributed by atoms with E-state index in [0.29, 0.717) is 22.4 Å². The van der Waals surface area contributed by atoms with Crippen molar-refractivity contribution in [2.24, 2.45) is 0 Å². The molecule has 0 aliphatic carbocycles. The van der Waals surface area contributed by atoms with Gasteiger partial charge in [-0.15, -0.1) is 11.8 Å². The molecule has 2 heterocycles. The molecule has 0 radical (unpaired) electrons. The van der Waals surface area contributed by atoms with Crippen LogP contribution in [0.4, 0.5) is 13.2 Å². The van der Waals surface area contributed by atoms with Crippen LogP contribution in [0.25, 0.3) is 27.5 Å². The highest BCUT2D eigenvalue weighted by molar-refractivity contribution is 7.98. The van der Waals surface area contributed by atoms with Crippen LogP contribution in [-0.4, -0.2) is 21.9 Å². The van der Waals surface area contributed by atoms with Crippen molar-refractivity contribution in [1.29, 1.82) is 0 Å². The number of methoxy groups -OCH3 is 1. The lowest BCUT2D eigenvalue weighted by Crippen LogP contribution is -1.98. The summed E-state index contributed by atoms with van der Waals surface area (Å²) in [7, 11) is 1.58. The van der Waals surface area contributed by atoms with E-state index in [9.17, 15) is 13.2 Å².